The number of halogens is 3. The number of aryl methyl sites for hydroxylation is 1. The lowest BCUT2D eigenvalue weighted by molar-refractivity contribution is -0.137. The van der Waals surface area contributed by atoms with Gasteiger partial charge in [0.25, 0.3) is 10.0 Å². The van der Waals surface area contributed by atoms with Crippen molar-refractivity contribution in [3.05, 3.63) is 89.5 Å². The molecule has 1 heterocycles. The third kappa shape index (κ3) is 3.76. The molecule has 4 rings (SSSR count). The second-order valence-corrected chi connectivity index (χ2v) is 8.89. The number of amides is 2. The molecule has 9 heteroatoms. The molecule has 2 amide bonds. The van der Waals surface area contributed by atoms with E-state index in [-0.39, 0.29) is 28.4 Å². The maximum Gasteiger partial charge on any atom is 0.416 e. The number of para-hydroxylation sites is 1. The van der Waals surface area contributed by atoms with Crippen LogP contribution >= 0.6 is 0 Å². The molecular weight excluding hydrogens is 429 g/mol. The molecule has 3 aromatic rings. The highest BCUT2D eigenvalue weighted by Crippen LogP contribution is 2.38. The summed E-state index contributed by atoms with van der Waals surface area (Å²) in [6.07, 6.45) is -4.53. The average molecular weight is 446 g/mol. The van der Waals surface area contributed by atoms with Crippen molar-refractivity contribution < 1.29 is 26.4 Å². The number of anilines is 2. The van der Waals surface area contributed by atoms with Gasteiger partial charge in [-0.25, -0.2) is 13.2 Å². The fourth-order valence-corrected chi connectivity index (χ4v) is 5.02. The predicted molar refractivity (Wildman–Crippen MR) is 110 cm³/mol. The molecule has 0 radical (unpaired) electrons. The Morgan fingerprint density at radius 2 is 1.58 bits per heavy atom. The number of rotatable bonds is 3. The molecule has 5 nitrogen and oxygen atoms in total. The Morgan fingerprint density at radius 1 is 0.903 bits per heavy atom. The summed E-state index contributed by atoms with van der Waals surface area (Å²) in [6, 6.07) is 16.1. The van der Waals surface area contributed by atoms with E-state index in [9.17, 15) is 26.4 Å². The monoisotopic (exact) mass is 446 g/mol. The van der Waals surface area contributed by atoms with Crippen LogP contribution in [0.5, 0.6) is 0 Å². The topological polar surface area (TPSA) is 57.7 Å². The molecule has 0 saturated carbocycles. The molecule has 0 spiro atoms. The Kier molecular flexibility index (Phi) is 5.01. The van der Waals surface area contributed by atoms with Crippen molar-refractivity contribution in [2.45, 2.75) is 24.5 Å². The number of sulfonamides is 1. The summed E-state index contributed by atoms with van der Waals surface area (Å²) in [7, 11) is -4.19. The molecule has 1 aliphatic rings. The van der Waals surface area contributed by atoms with E-state index < -0.39 is 27.8 Å². The van der Waals surface area contributed by atoms with E-state index in [2.05, 4.69) is 0 Å². The maximum absolute atomic E-state index is 13.3. The molecule has 3 aromatic carbocycles. The van der Waals surface area contributed by atoms with Gasteiger partial charge in [0.05, 0.1) is 23.5 Å². The quantitative estimate of drug-likeness (QED) is 0.545. The second-order valence-electron chi connectivity index (χ2n) is 7.14. The number of hydrogen-bond acceptors (Lipinski definition) is 3. The van der Waals surface area contributed by atoms with Crippen LogP contribution in [0.15, 0.2) is 77.7 Å². The predicted octanol–water partition coefficient (Wildman–Crippen LogP) is 5.35. The molecule has 0 aromatic heterocycles. The van der Waals surface area contributed by atoms with Gasteiger partial charge in [0.2, 0.25) is 0 Å². The Hall–Kier alpha value is -3.33. The minimum atomic E-state index is -4.53. The van der Waals surface area contributed by atoms with E-state index in [1.807, 2.05) is 6.92 Å². The van der Waals surface area contributed by atoms with Crippen molar-refractivity contribution in [3.63, 3.8) is 0 Å². The summed E-state index contributed by atoms with van der Waals surface area (Å²) < 4.78 is 66.4. The van der Waals surface area contributed by atoms with Crippen LogP contribution in [0.1, 0.15) is 16.7 Å². The van der Waals surface area contributed by atoms with Crippen molar-refractivity contribution in [1.29, 1.82) is 0 Å². The molecule has 0 atom stereocenters. The van der Waals surface area contributed by atoms with Gasteiger partial charge in [-0.2, -0.15) is 17.5 Å². The average Bonchev–Trinajstić information content (AvgIpc) is 2.72. The Morgan fingerprint density at radius 3 is 2.26 bits per heavy atom. The molecule has 0 unspecified atom stereocenters. The maximum atomic E-state index is 13.3. The second kappa shape index (κ2) is 7.42. The first-order chi connectivity index (χ1) is 14.6. The molecule has 160 valence electrons. The first-order valence-electron chi connectivity index (χ1n) is 9.28. The number of hydrogen-bond donors (Lipinski definition) is 0. The summed E-state index contributed by atoms with van der Waals surface area (Å²) in [5.41, 5.74) is 0.533. The lowest BCUT2D eigenvalue weighted by atomic mass is 10.1. The van der Waals surface area contributed by atoms with Crippen LogP contribution in [0.3, 0.4) is 0 Å². The number of alkyl halides is 3. The third-order valence-electron chi connectivity index (χ3n) is 4.94. The Bertz CT molecular complexity index is 1260. The summed E-state index contributed by atoms with van der Waals surface area (Å²) in [6.45, 7) is 1.60. The summed E-state index contributed by atoms with van der Waals surface area (Å²) in [5, 5.41) is 0. The minimum absolute atomic E-state index is 0.0952. The van der Waals surface area contributed by atoms with Crippen LogP contribution in [-0.4, -0.2) is 14.4 Å². The number of nitrogens with zero attached hydrogens (tertiary/aromatic N) is 2. The minimum Gasteiger partial charge on any atom is -0.287 e. The van der Waals surface area contributed by atoms with Gasteiger partial charge in [0.15, 0.2) is 0 Å². The first kappa shape index (κ1) is 20.9. The number of urea groups is 1. The summed E-state index contributed by atoms with van der Waals surface area (Å²) in [5.74, 6) is 0. The molecular formula is C22H17F3N2O3S. The van der Waals surface area contributed by atoms with E-state index in [0.717, 1.165) is 17.7 Å². The van der Waals surface area contributed by atoms with Crippen LogP contribution in [0.4, 0.5) is 29.3 Å². The van der Waals surface area contributed by atoms with Crippen molar-refractivity contribution in [3.8, 4) is 0 Å². The van der Waals surface area contributed by atoms with Gasteiger partial charge in [0, 0.05) is 0 Å². The van der Waals surface area contributed by atoms with Crippen LogP contribution in [0.2, 0.25) is 0 Å². The smallest absolute Gasteiger partial charge is 0.287 e. The van der Waals surface area contributed by atoms with Gasteiger partial charge in [0.1, 0.15) is 4.90 Å². The molecule has 31 heavy (non-hydrogen) atoms. The zero-order valence-electron chi connectivity index (χ0n) is 16.3. The fourth-order valence-electron chi connectivity index (χ4n) is 3.42. The van der Waals surface area contributed by atoms with E-state index >= 15 is 0 Å². The van der Waals surface area contributed by atoms with Crippen molar-refractivity contribution >= 4 is 27.4 Å². The molecule has 0 fully saturated rings. The summed E-state index contributed by atoms with van der Waals surface area (Å²) in [4.78, 5) is 14.4. The van der Waals surface area contributed by atoms with Gasteiger partial charge >= 0.3 is 12.2 Å². The van der Waals surface area contributed by atoms with Gasteiger partial charge < -0.3 is 0 Å². The zero-order valence-corrected chi connectivity index (χ0v) is 17.1. The number of carbonyl (C=O) groups excluding carboxylic acids is 1. The standard InChI is InChI=1S/C22H17F3N2O3S/c1-15-9-11-18(12-10-15)27-21(28)26(19-7-2-3-8-20(19)31(27,29)30)14-16-5-4-6-17(13-16)22(23,24)25/h2-13H,14H2,1H3. The molecule has 0 bridgehead atoms. The van der Waals surface area contributed by atoms with E-state index in [1.165, 1.54) is 47.4 Å². The van der Waals surface area contributed by atoms with Gasteiger partial charge in [-0.1, -0.05) is 42.0 Å². The van der Waals surface area contributed by atoms with Crippen molar-refractivity contribution in [2.75, 3.05) is 9.21 Å². The Labute approximate surface area is 177 Å². The largest absolute Gasteiger partial charge is 0.416 e. The highest BCUT2D eigenvalue weighted by molar-refractivity contribution is 7.94. The van der Waals surface area contributed by atoms with Crippen LogP contribution < -0.4 is 9.21 Å². The van der Waals surface area contributed by atoms with E-state index in [1.54, 1.807) is 18.2 Å². The zero-order chi connectivity index (χ0) is 22.4. The molecule has 1 aliphatic heterocycles. The number of fused-ring (bicyclic) bond motifs is 1. The molecule has 0 N–H and O–H groups in total. The van der Waals surface area contributed by atoms with E-state index in [4.69, 9.17) is 0 Å². The Balaban J connectivity index is 1.82. The lowest BCUT2D eigenvalue weighted by Crippen LogP contribution is -2.50. The lowest BCUT2D eigenvalue weighted by Gasteiger charge is -2.36. The van der Waals surface area contributed by atoms with Gasteiger partial charge in [-0.05, 0) is 48.9 Å². The highest BCUT2D eigenvalue weighted by atomic mass is 32.2. The van der Waals surface area contributed by atoms with Crippen LogP contribution in [0.25, 0.3) is 0 Å². The third-order valence-corrected chi connectivity index (χ3v) is 6.69. The number of carbonyl (C=O) groups is 1. The normalized spacial score (nSPS) is 15.7. The van der Waals surface area contributed by atoms with E-state index in [0.29, 0.717) is 4.31 Å². The van der Waals surface area contributed by atoms with Crippen molar-refractivity contribution in [1.82, 2.24) is 0 Å². The fraction of sp³-hybridized carbons (Fsp3) is 0.136. The molecule has 0 aliphatic carbocycles. The highest BCUT2D eigenvalue weighted by Gasteiger charge is 2.42. The number of benzene rings is 3. The van der Waals surface area contributed by atoms with Gasteiger partial charge in [-0.15, -0.1) is 0 Å². The van der Waals surface area contributed by atoms with Crippen LogP contribution in [-0.2, 0) is 22.7 Å². The van der Waals surface area contributed by atoms with Gasteiger partial charge in [-0.3, -0.25) is 4.90 Å². The molecule has 0 saturated heterocycles. The van der Waals surface area contributed by atoms with Crippen LogP contribution in [0, 0.1) is 6.92 Å². The first-order valence-corrected chi connectivity index (χ1v) is 10.7. The summed E-state index contributed by atoms with van der Waals surface area (Å²) >= 11 is 0. The van der Waals surface area contributed by atoms with Crippen molar-refractivity contribution in [2.24, 2.45) is 0 Å². The SMILES string of the molecule is Cc1ccc(N2C(=O)N(Cc3cccc(C(F)(F)F)c3)c3ccccc3S2(=O)=O)cc1.